The smallest absolute Gasteiger partial charge is 0.264 e. The average Bonchev–Trinajstić information content (AvgIpc) is 3.15. The molecule has 1 N–H and O–H groups in total. The zero-order valence-electron chi connectivity index (χ0n) is 18.9. The number of carbonyl (C=O) groups is 1. The van der Waals surface area contributed by atoms with Crippen molar-refractivity contribution in [1.29, 1.82) is 5.26 Å². The van der Waals surface area contributed by atoms with Crippen molar-refractivity contribution in [3.05, 3.63) is 65.4 Å². The van der Waals surface area contributed by atoms with Gasteiger partial charge in [0.2, 0.25) is 0 Å². The first kappa shape index (κ1) is 23.8. The quantitative estimate of drug-likeness (QED) is 0.542. The van der Waals surface area contributed by atoms with Gasteiger partial charge in [0, 0.05) is 18.7 Å². The van der Waals surface area contributed by atoms with Gasteiger partial charge in [-0.05, 0) is 43.7 Å². The molecule has 0 unspecified atom stereocenters. The van der Waals surface area contributed by atoms with Gasteiger partial charge in [-0.3, -0.25) is 9.10 Å². The van der Waals surface area contributed by atoms with Crippen molar-refractivity contribution in [1.82, 2.24) is 9.78 Å². The molecule has 33 heavy (non-hydrogen) atoms. The summed E-state index contributed by atoms with van der Waals surface area (Å²) in [5, 5.41) is 15.9. The summed E-state index contributed by atoms with van der Waals surface area (Å²) in [6, 6.07) is 14.9. The third-order valence-electron chi connectivity index (χ3n) is 5.12. The number of amides is 1. The molecule has 3 rings (SSSR count). The topological polar surface area (TPSA) is 117 Å². The number of aryl methyl sites for hydroxylation is 3. The zero-order valence-corrected chi connectivity index (χ0v) is 19.7. The predicted molar refractivity (Wildman–Crippen MR) is 125 cm³/mol. The Labute approximate surface area is 193 Å². The lowest BCUT2D eigenvalue weighted by molar-refractivity contribution is 0.102. The molecule has 0 radical (unpaired) electrons. The van der Waals surface area contributed by atoms with Gasteiger partial charge < -0.3 is 10.1 Å². The minimum atomic E-state index is -3.97. The molecule has 3 aromatic rings. The second kappa shape index (κ2) is 9.75. The van der Waals surface area contributed by atoms with E-state index >= 15 is 0 Å². The fourth-order valence-electron chi connectivity index (χ4n) is 3.34. The molecule has 0 saturated heterocycles. The molecule has 0 spiro atoms. The number of nitrogens with one attached hydrogen (secondary N) is 1. The highest BCUT2D eigenvalue weighted by atomic mass is 32.2. The van der Waals surface area contributed by atoms with Crippen LogP contribution in [0.3, 0.4) is 0 Å². The molecule has 10 heteroatoms. The number of aromatic nitrogens is 2. The molecule has 1 amide bonds. The monoisotopic (exact) mass is 467 g/mol. The number of hydrogen-bond donors (Lipinski definition) is 1. The van der Waals surface area contributed by atoms with E-state index in [9.17, 15) is 13.2 Å². The Morgan fingerprint density at radius 1 is 1.21 bits per heavy atom. The maximum absolute atomic E-state index is 13.3. The Morgan fingerprint density at radius 2 is 1.94 bits per heavy atom. The summed E-state index contributed by atoms with van der Waals surface area (Å²) in [7, 11) is -1.06. The first-order valence-electron chi connectivity index (χ1n) is 10.1. The van der Waals surface area contributed by atoms with Crippen molar-refractivity contribution in [2.75, 3.05) is 23.8 Å². The Bertz CT molecular complexity index is 1320. The maximum Gasteiger partial charge on any atom is 0.264 e. The molecule has 0 aliphatic rings. The Balaban J connectivity index is 1.94. The normalized spacial score (nSPS) is 11.0. The van der Waals surface area contributed by atoms with Crippen LogP contribution in [0.15, 0.2) is 53.4 Å². The molecule has 0 aliphatic carbocycles. The number of sulfonamides is 1. The lowest BCUT2D eigenvalue weighted by Gasteiger charge is -2.22. The SMILES string of the molecule is COc1ccccc1N(C)S(=O)(=O)c1ccc(C)c(C(=O)Nc2cc(C)nn2CCC#N)c1. The van der Waals surface area contributed by atoms with Crippen molar-refractivity contribution in [3.8, 4) is 11.8 Å². The summed E-state index contributed by atoms with van der Waals surface area (Å²) >= 11 is 0. The average molecular weight is 468 g/mol. The van der Waals surface area contributed by atoms with Gasteiger partial charge in [0.05, 0.1) is 42.4 Å². The van der Waals surface area contributed by atoms with E-state index in [-0.39, 0.29) is 16.9 Å². The van der Waals surface area contributed by atoms with Gasteiger partial charge in [-0.15, -0.1) is 0 Å². The van der Waals surface area contributed by atoms with Crippen LogP contribution in [0.4, 0.5) is 11.5 Å². The minimum Gasteiger partial charge on any atom is -0.495 e. The molecular weight excluding hydrogens is 442 g/mol. The van der Waals surface area contributed by atoms with Crippen molar-refractivity contribution in [3.63, 3.8) is 0 Å². The van der Waals surface area contributed by atoms with E-state index in [0.717, 1.165) is 4.31 Å². The van der Waals surface area contributed by atoms with Crippen LogP contribution in [-0.2, 0) is 16.6 Å². The second-order valence-corrected chi connectivity index (χ2v) is 9.35. The minimum absolute atomic E-state index is 0.0270. The lowest BCUT2D eigenvalue weighted by Crippen LogP contribution is -2.27. The molecule has 0 fully saturated rings. The number of para-hydroxylation sites is 2. The Kier molecular flexibility index (Phi) is 7.04. The van der Waals surface area contributed by atoms with Crippen molar-refractivity contribution in [2.45, 2.75) is 31.7 Å². The number of anilines is 2. The highest BCUT2D eigenvalue weighted by molar-refractivity contribution is 7.92. The summed E-state index contributed by atoms with van der Waals surface area (Å²) in [5.41, 5.74) is 1.90. The first-order valence-corrected chi connectivity index (χ1v) is 11.6. The first-order chi connectivity index (χ1) is 15.7. The summed E-state index contributed by atoms with van der Waals surface area (Å²) in [6.07, 6.45) is 0.242. The number of benzene rings is 2. The molecule has 0 atom stereocenters. The van der Waals surface area contributed by atoms with Crippen molar-refractivity contribution < 1.29 is 17.9 Å². The molecule has 1 aromatic heterocycles. The molecule has 0 saturated carbocycles. The van der Waals surface area contributed by atoms with Crippen LogP contribution in [0.2, 0.25) is 0 Å². The van der Waals surface area contributed by atoms with Gasteiger partial charge in [-0.25, -0.2) is 13.1 Å². The van der Waals surface area contributed by atoms with Crippen LogP contribution in [0.1, 0.15) is 28.0 Å². The van der Waals surface area contributed by atoms with Crippen LogP contribution in [0.5, 0.6) is 5.75 Å². The van der Waals surface area contributed by atoms with Crippen LogP contribution >= 0.6 is 0 Å². The van der Waals surface area contributed by atoms with Crippen molar-refractivity contribution >= 4 is 27.4 Å². The molecule has 0 bridgehead atoms. The van der Waals surface area contributed by atoms with E-state index in [2.05, 4.69) is 10.4 Å². The van der Waals surface area contributed by atoms with Crippen LogP contribution < -0.4 is 14.4 Å². The van der Waals surface area contributed by atoms with Crippen LogP contribution in [0, 0.1) is 25.2 Å². The van der Waals surface area contributed by atoms with E-state index in [0.29, 0.717) is 35.1 Å². The van der Waals surface area contributed by atoms with Gasteiger partial charge in [0.1, 0.15) is 11.6 Å². The largest absolute Gasteiger partial charge is 0.495 e. The third kappa shape index (κ3) is 4.99. The Hall–Kier alpha value is -3.84. The van der Waals surface area contributed by atoms with E-state index in [1.54, 1.807) is 54.9 Å². The third-order valence-corrected chi connectivity index (χ3v) is 6.88. The van der Waals surface area contributed by atoms with Gasteiger partial charge in [-0.1, -0.05) is 18.2 Å². The number of ether oxygens (including phenoxy) is 1. The molecular formula is C23H25N5O4S. The van der Waals surface area contributed by atoms with E-state index in [1.807, 2.05) is 6.07 Å². The standard InChI is InChI=1S/C23H25N5O4S/c1-16-10-11-18(33(30,31)27(3)20-8-5-6-9-21(20)32-4)15-19(16)23(29)25-22-14-17(2)26-28(22)13-7-12-24/h5-6,8-11,14-15H,7,13H2,1-4H3,(H,25,29). The second-order valence-electron chi connectivity index (χ2n) is 7.38. The fourth-order valence-corrected chi connectivity index (χ4v) is 4.57. The zero-order chi connectivity index (χ0) is 24.2. The number of hydrogen-bond acceptors (Lipinski definition) is 6. The van der Waals surface area contributed by atoms with E-state index < -0.39 is 15.9 Å². The summed E-state index contributed by atoms with van der Waals surface area (Å²) in [4.78, 5) is 13.0. The lowest BCUT2D eigenvalue weighted by atomic mass is 10.1. The number of methoxy groups -OCH3 is 1. The molecule has 172 valence electrons. The molecule has 0 aliphatic heterocycles. The van der Waals surface area contributed by atoms with E-state index in [1.165, 1.54) is 26.3 Å². The highest BCUT2D eigenvalue weighted by Gasteiger charge is 2.25. The van der Waals surface area contributed by atoms with Gasteiger partial charge in [0.25, 0.3) is 15.9 Å². The summed E-state index contributed by atoms with van der Waals surface area (Å²) < 4.78 is 34.6. The van der Waals surface area contributed by atoms with Crippen molar-refractivity contribution in [2.24, 2.45) is 0 Å². The number of nitrogens with zero attached hydrogens (tertiary/aromatic N) is 4. The highest BCUT2D eigenvalue weighted by Crippen LogP contribution is 2.31. The van der Waals surface area contributed by atoms with Crippen LogP contribution in [-0.4, -0.2) is 38.3 Å². The summed E-state index contributed by atoms with van der Waals surface area (Å²) in [6.45, 7) is 3.84. The van der Waals surface area contributed by atoms with Gasteiger partial charge in [0.15, 0.2) is 0 Å². The maximum atomic E-state index is 13.3. The van der Waals surface area contributed by atoms with E-state index in [4.69, 9.17) is 10.00 Å². The van der Waals surface area contributed by atoms with Gasteiger partial charge in [-0.2, -0.15) is 10.4 Å². The molecule has 9 nitrogen and oxygen atoms in total. The molecule has 2 aromatic carbocycles. The Morgan fingerprint density at radius 3 is 2.64 bits per heavy atom. The van der Waals surface area contributed by atoms with Crippen LogP contribution in [0.25, 0.3) is 0 Å². The number of rotatable bonds is 8. The number of carbonyl (C=O) groups excluding carboxylic acids is 1. The van der Waals surface area contributed by atoms with Gasteiger partial charge >= 0.3 is 0 Å². The number of nitriles is 1. The molecule has 1 heterocycles. The fraction of sp³-hybridized carbons (Fsp3) is 0.261. The predicted octanol–water partition coefficient (Wildman–Crippen LogP) is 3.50. The summed E-state index contributed by atoms with van der Waals surface area (Å²) in [5.74, 6) is 0.379.